The van der Waals surface area contributed by atoms with E-state index in [1.807, 2.05) is 6.07 Å². The van der Waals surface area contributed by atoms with Gasteiger partial charge in [0, 0.05) is 59.0 Å². The SMILES string of the molecule is CCN1C(=CC=CC=CC2=[N+](CCCCCO)c3ccccc3CC2(C)C)C(C)(C)Cc2cc(SOO[O-])ccc21. The van der Waals surface area contributed by atoms with Crippen molar-refractivity contribution in [3.8, 4) is 0 Å². The topological polar surface area (TPSA) is 68.0 Å². The zero-order valence-corrected chi connectivity index (χ0v) is 25.9. The number of rotatable bonds is 12. The molecule has 2 aliphatic heterocycles. The van der Waals surface area contributed by atoms with E-state index in [1.165, 1.54) is 33.9 Å². The Labute approximate surface area is 249 Å². The summed E-state index contributed by atoms with van der Waals surface area (Å²) in [4.78, 5) is 3.22. The molecule has 0 radical (unpaired) electrons. The van der Waals surface area contributed by atoms with Crippen LogP contribution in [0.5, 0.6) is 0 Å². The Balaban J connectivity index is 1.59. The zero-order valence-electron chi connectivity index (χ0n) is 25.1. The van der Waals surface area contributed by atoms with Crippen LogP contribution in [-0.2, 0) is 22.2 Å². The quantitative estimate of drug-likeness (QED) is 0.0744. The van der Waals surface area contributed by atoms with Crippen LogP contribution in [-0.4, -0.2) is 35.1 Å². The molecule has 0 saturated heterocycles. The Hall–Kier alpha value is -2.68. The van der Waals surface area contributed by atoms with Gasteiger partial charge in [-0.3, -0.25) is 5.04 Å². The number of aliphatic hydroxyl groups excluding tert-OH is 1. The van der Waals surface area contributed by atoms with Gasteiger partial charge in [-0.2, -0.15) is 8.91 Å². The van der Waals surface area contributed by atoms with E-state index in [0.717, 1.165) is 62.1 Å². The summed E-state index contributed by atoms with van der Waals surface area (Å²) in [5, 5.41) is 23.0. The molecular weight excluding hydrogens is 532 g/mol. The van der Waals surface area contributed by atoms with Crippen molar-refractivity contribution in [2.75, 3.05) is 24.6 Å². The molecule has 0 aromatic heterocycles. The zero-order chi connectivity index (χ0) is 29.5. The van der Waals surface area contributed by atoms with Crippen LogP contribution >= 0.6 is 12.0 Å². The first kappa shape index (κ1) is 31.3. The van der Waals surface area contributed by atoms with Crippen LogP contribution in [0.25, 0.3) is 0 Å². The molecule has 41 heavy (non-hydrogen) atoms. The molecule has 1 N–H and O–H groups in total. The van der Waals surface area contributed by atoms with Crippen molar-refractivity contribution in [3.05, 3.63) is 89.7 Å². The predicted octanol–water partition coefficient (Wildman–Crippen LogP) is 6.85. The molecule has 6 nitrogen and oxygen atoms in total. The standard InChI is InChI=1S/C34H44N2O4S/c1-6-35-30-20-19-28(41-40-39-38)23-27(30)25-34(4,5)31(35)17-9-7-10-18-32-33(2,3)24-26-15-11-12-16-29(26)36(32)21-13-8-14-22-37/h7,9-12,15-20,23,37H,6,8,13-14,21-22,24-25H2,1-5H3. The minimum absolute atomic E-state index is 0.0181. The number of nitrogens with zero attached hydrogens (tertiary/aromatic N) is 2. The van der Waals surface area contributed by atoms with Gasteiger partial charge in [-0.25, -0.2) is 0 Å². The van der Waals surface area contributed by atoms with E-state index in [4.69, 9.17) is 0 Å². The summed E-state index contributed by atoms with van der Waals surface area (Å²) >= 11 is 0.934. The summed E-state index contributed by atoms with van der Waals surface area (Å²) in [6.45, 7) is 13.5. The second-order valence-corrected chi connectivity index (χ2v) is 12.9. The Morgan fingerprint density at radius 3 is 2.51 bits per heavy atom. The van der Waals surface area contributed by atoms with Gasteiger partial charge in [-0.1, -0.05) is 50.3 Å². The van der Waals surface area contributed by atoms with Crippen LogP contribution in [0.1, 0.15) is 65.0 Å². The van der Waals surface area contributed by atoms with Crippen LogP contribution in [0.3, 0.4) is 0 Å². The van der Waals surface area contributed by atoms with Crippen LogP contribution < -0.4 is 10.2 Å². The fourth-order valence-electron chi connectivity index (χ4n) is 6.25. The van der Waals surface area contributed by atoms with E-state index in [1.54, 1.807) is 0 Å². The molecule has 0 atom stereocenters. The Morgan fingerprint density at radius 1 is 0.976 bits per heavy atom. The monoisotopic (exact) mass is 576 g/mol. The van der Waals surface area contributed by atoms with Crippen molar-refractivity contribution in [2.45, 2.75) is 71.6 Å². The maximum absolute atomic E-state index is 10.3. The minimum atomic E-state index is -0.0641. The average Bonchev–Trinajstić information content (AvgIpc) is 2.94. The Morgan fingerprint density at radius 2 is 1.76 bits per heavy atom. The molecule has 220 valence electrons. The second-order valence-electron chi connectivity index (χ2n) is 12.1. The highest BCUT2D eigenvalue weighted by Crippen LogP contribution is 2.44. The number of unbranched alkanes of at least 4 members (excludes halogenated alkanes) is 2. The number of fused-ring (bicyclic) bond motifs is 2. The lowest BCUT2D eigenvalue weighted by Gasteiger charge is -2.43. The Kier molecular flexibility index (Phi) is 10.7. The second kappa shape index (κ2) is 14.0. The fourth-order valence-corrected chi connectivity index (χ4v) is 6.67. The number of allylic oxidation sites excluding steroid dienone is 6. The van der Waals surface area contributed by atoms with E-state index >= 15 is 0 Å². The largest absolute Gasteiger partial charge is 0.691 e. The lowest BCUT2D eigenvalue weighted by molar-refractivity contribution is -0.777. The Bertz CT molecular complexity index is 1330. The molecule has 0 aliphatic carbocycles. The molecule has 2 aromatic rings. The fraction of sp³-hybridized carbons (Fsp3) is 0.441. The maximum Gasteiger partial charge on any atom is 0.208 e. The summed E-state index contributed by atoms with van der Waals surface area (Å²) in [6, 6.07) is 14.9. The molecule has 0 amide bonds. The van der Waals surface area contributed by atoms with Gasteiger partial charge in [0.05, 0.1) is 17.5 Å². The van der Waals surface area contributed by atoms with Crippen molar-refractivity contribution < 1.29 is 24.3 Å². The van der Waals surface area contributed by atoms with E-state index in [9.17, 15) is 10.4 Å². The molecule has 4 rings (SSSR count). The van der Waals surface area contributed by atoms with Gasteiger partial charge >= 0.3 is 0 Å². The molecule has 2 heterocycles. The van der Waals surface area contributed by atoms with Crippen molar-refractivity contribution in [3.63, 3.8) is 0 Å². The van der Waals surface area contributed by atoms with Gasteiger partial charge < -0.3 is 15.3 Å². The van der Waals surface area contributed by atoms with Crippen molar-refractivity contribution in [1.82, 2.24) is 0 Å². The van der Waals surface area contributed by atoms with Crippen LogP contribution in [0.15, 0.2) is 83.4 Å². The predicted molar refractivity (Wildman–Crippen MR) is 166 cm³/mol. The number of benzene rings is 2. The smallest absolute Gasteiger partial charge is 0.208 e. The highest BCUT2D eigenvalue weighted by atomic mass is 32.2. The third-order valence-corrected chi connectivity index (χ3v) is 8.67. The molecule has 0 saturated carbocycles. The maximum atomic E-state index is 10.3. The number of aliphatic hydroxyl groups is 1. The van der Waals surface area contributed by atoms with E-state index in [0.29, 0.717) is 0 Å². The van der Waals surface area contributed by atoms with Crippen molar-refractivity contribution in [1.29, 1.82) is 0 Å². The summed E-state index contributed by atoms with van der Waals surface area (Å²) in [7, 11) is 0. The van der Waals surface area contributed by atoms with Gasteiger partial charge in [-0.05, 0) is 76.3 Å². The van der Waals surface area contributed by atoms with Gasteiger partial charge in [0.1, 0.15) is 6.54 Å². The molecule has 2 aromatic carbocycles. The number of hydrogen-bond acceptors (Lipinski definition) is 6. The first-order valence-electron chi connectivity index (χ1n) is 14.6. The van der Waals surface area contributed by atoms with Gasteiger partial charge in [-0.15, -0.1) is 0 Å². The van der Waals surface area contributed by atoms with E-state index in [2.05, 4.69) is 120 Å². The summed E-state index contributed by atoms with van der Waals surface area (Å²) in [6.07, 6.45) is 15.8. The third kappa shape index (κ3) is 7.40. The van der Waals surface area contributed by atoms with Crippen LogP contribution in [0.4, 0.5) is 11.4 Å². The van der Waals surface area contributed by atoms with Crippen LogP contribution in [0.2, 0.25) is 0 Å². The van der Waals surface area contributed by atoms with Gasteiger partial charge in [0.2, 0.25) is 5.69 Å². The first-order valence-corrected chi connectivity index (χ1v) is 15.4. The molecule has 0 bridgehead atoms. The minimum Gasteiger partial charge on any atom is -0.691 e. The summed E-state index contributed by atoms with van der Waals surface area (Å²) in [5.41, 5.74) is 7.68. The molecule has 0 spiro atoms. The lowest BCUT2D eigenvalue weighted by Crippen LogP contribution is -2.38. The normalized spacial score (nSPS) is 18.9. The molecular formula is C34H44N2O4S. The van der Waals surface area contributed by atoms with Crippen LogP contribution in [0, 0.1) is 10.8 Å². The third-order valence-electron chi connectivity index (χ3n) is 8.10. The summed E-state index contributed by atoms with van der Waals surface area (Å²) < 4.78 is 7.02. The highest BCUT2D eigenvalue weighted by molar-refractivity contribution is 7.94. The van der Waals surface area contributed by atoms with Gasteiger partial charge in [0.15, 0.2) is 5.71 Å². The molecule has 2 aliphatic rings. The summed E-state index contributed by atoms with van der Waals surface area (Å²) in [5.74, 6) is 0. The number of para-hydroxylation sites is 1. The number of anilines is 1. The average molecular weight is 577 g/mol. The van der Waals surface area contributed by atoms with Gasteiger partial charge in [0.25, 0.3) is 0 Å². The molecule has 0 unspecified atom stereocenters. The number of hydrogen-bond donors (Lipinski definition) is 1. The van der Waals surface area contributed by atoms with Crippen molar-refractivity contribution >= 4 is 29.1 Å². The van der Waals surface area contributed by atoms with E-state index in [-0.39, 0.29) is 17.4 Å². The molecule has 0 fully saturated rings. The van der Waals surface area contributed by atoms with E-state index < -0.39 is 0 Å². The first-order chi connectivity index (χ1) is 19.7. The molecule has 7 heteroatoms. The van der Waals surface area contributed by atoms with Crippen molar-refractivity contribution in [2.24, 2.45) is 10.8 Å². The lowest BCUT2D eigenvalue weighted by atomic mass is 9.77. The highest BCUT2D eigenvalue weighted by Gasteiger charge is 2.38.